The highest BCUT2D eigenvalue weighted by atomic mass is 32.2. The van der Waals surface area contributed by atoms with Crippen molar-refractivity contribution in [3.05, 3.63) is 47.8 Å². The number of piperidine rings is 1. The third-order valence-corrected chi connectivity index (χ3v) is 6.76. The molecular formula is C22H29N5O2S. The lowest BCUT2D eigenvalue weighted by Crippen LogP contribution is -2.48. The molecule has 3 N–H and O–H groups in total. The van der Waals surface area contributed by atoms with Crippen LogP contribution in [0.4, 0.5) is 4.79 Å². The lowest BCUT2D eigenvalue weighted by molar-refractivity contribution is 0.0393. The van der Waals surface area contributed by atoms with Crippen LogP contribution in [0.5, 0.6) is 0 Å². The molecule has 8 heteroatoms. The summed E-state index contributed by atoms with van der Waals surface area (Å²) in [6, 6.07) is 8.31. The molecule has 1 aromatic heterocycles. The number of thioether (sulfide) groups is 1. The molecule has 1 spiro atoms. The van der Waals surface area contributed by atoms with Crippen molar-refractivity contribution in [2.45, 2.75) is 56.8 Å². The zero-order valence-corrected chi connectivity index (χ0v) is 18.5. The number of amidine groups is 1. The zero-order chi connectivity index (χ0) is 21.4. The number of nitrogens with zero attached hydrogens (tertiary/aromatic N) is 2. The topological polar surface area (TPSA) is 94.1 Å². The molecule has 1 atom stereocenters. The Hall–Kier alpha value is -2.48. The van der Waals surface area contributed by atoms with Gasteiger partial charge < -0.3 is 19.9 Å². The van der Waals surface area contributed by atoms with Gasteiger partial charge in [0.05, 0.1) is 6.04 Å². The number of carbonyl (C=O) groups is 1. The van der Waals surface area contributed by atoms with Gasteiger partial charge in [-0.1, -0.05) is 24.3 Å². The highest BCUT2D eigenvalue weighted by molar-refractivity contribution is 8.13. The summed E-state index contributed by atoms with van der Waals surface area (Å²) in [5.74, 6) is 0. The molecule has 0 unspecified atom stereocenters. The maximum absolute atomic E-state index is 12.6. The second-order valence-corrected chi connectivity index (χ2v) is 10.1. The Morgan fingerprint density at radius 3 is 2.73 bits per heavy atom. The summed E-state index contributed by atoms with van der Waals surface area (Å²) in [5, 5.41) is 12.9. The van der Waals surface area contributed by atoms with E-state index in [1.165, 1.54) is 22.9 Å². The zero-order valence-electron chi connectivity index (χ0n) is 17.7. The van der Waals surface area contributed by atoms with Crippen molar-refractivity contribution < 1.29 is 9.53 Å². The van der Waals surface area contributed by atoms with Crippen molar-refractivity contribution >= 4 is 23.0 Å². The van der Waals surface area contributed by atoms with E-state index in [0.717, 1.165) is 37.5 Å². The molecule has 0 radical (unpaired) electrons. The van der Waals surface area contributed by atoms with Crippen LogP contribution in [0, 0.1) is 10.8 Å². The monoisotopic (exact) mass is 427 g/mol. The predicted molar refractivity (Wildman–Crippen MR) is 118 cm³/mol. The Bertz CT molecular complexity index is 914. The molecule has 0 saturated carbocycles. The predicted octanol–water partition coefficient (Wildman–Crippen LogP) is 4.34. The van der Waals surface area contributed by atoms with Crippen LogP contribution in [-0.2, 0) is 11.2 Å². The summed E-state index contributed by atoms with van der Waals surface area (Å²) >= 11 is 1.35. The molecule has 1 aromatic carbocycles. The van der Waals surface area contributed by atoms with Gasteiger partial charge in [0.25, 0.3) is 0 Å². The highest BCUT2D eigenvalue weighted by Crippen LogP contribution is 2.52. The van der Waals surface area contributed by atoms with Gasteiger partial charge in [-0.2, -0.15) is 0 Å². The van der Waals surface area contributed by atoms with Gasteiger partial charge in [-0.25, -0.2) is 9.78 Å². The number of hydrogen-bond acceptors (Lipinski definition) is 5. The van der Waals surface area contributed by atoms with E-state index in [2.05, 4.69) is 38.4 Å². The van der Waals surface area contributed by atoms with E-state index in [9.17, 15) is 4.79 Å². The standard InChI is InChI=1S/C22H29N5O2S/c1-21(2,3)29-20(28)26-17-16-7-5-4-6-15(16)14-22(17)8-12-27(13-9-22)18(23)30-19-24-10-11-25-19/h4-7,10-11,17,23H,8-9,12-14H2,1-3H3,(H,24,25)(H,26,28)/t17-/m1/s1. The number of fused-ring (bicyclic) bond motifs is 1. The highest BCUT2D eigenvalue weighted by Gasteiger charge is 2.48. The summed E-state index contributed by atoms with van der Waals surface area (Å²) in [6.07, 6.45) is 5.85. The molecule has 1 aliphatic heterocycles. The van der Waals surface area contributed by atoms with E-state index in [0.29, 0.717) is 5.17 Å². The number of imidazole rings is 1. The van der Waals surface area contributed by atoms with Crippen LogP contribution in [0.25, 0.3) is 0 Å². The Kier molecular flexibility index (Phi) is 5.53. The minimum absolute atomic E-state index is 0.0489. The number of H-pyrrole nitrogens is 1. The summed E-state index contributed by atoms with van der Waals surface area (Å²) in [6.45, 7) is 7.21. The van der Waals surface area contributed by atoms with Crippen LogP contribution in [0.3, 0.4) is 0 Å². The molecule has 4 rings (SSSR count). The number of rotatable bonds is 2. The Balaban J connectivity index is 1.48. The largest absolute Gasteiger partial charge is 0.444 e. The second kappa shape index (κ2) is 7.98. The summed E-state index contributed by atoms with van der Waals surface area (Å²) in [4.78, 5) is 22.0. The van der Waals surface area contributed by atoms with Gasteiger partial charge in [-0.3, -0.25) is 5.41 Å². The first-order valence-electron chi connectivity index (χ1n) is 10.3. The number of alkyl carbamates (subject to hydrolysis) is 1. The van der Waals surface area contributed by atoms with Gasteiger partial charge >= 0.3 is 6.09 Å². The first kappa shape index (κ1) is 20.8. The molecule has 7 nitrogen and oxygen atoms in total. The van der Waals surface area contributed by atoms with Gasteiger partial charge in [0.15, 0.2) is 10.3 Å². The molecule has 2 heterocycles. The number of ether oxygens (including phenoxy) is 1. The number of aromatic nitrogens is 2. The molecule has 30 heavy (non-hydrogen) atoms. The van der Waals surface area contributed by atoms with E-state index in [1.807, 2.05) is 26.8 Å². The maximum Gasteiger partial charge on any atom is 0.408 e. The summed E-state index contributed by atoms with van der Waals surface area (Å²) in [5.41, 5.74) is 1.91. The van der Waals surface area contributed by atoms with Crippen molar-refractivity contribution in [2.24, 2.45) is 5.41 Å². The summed E-state index contributed by atoms with van der Waals surface area (Å²) in [7, 11) is 0. The fraction of sp³-hybridized carbons (Fsp3) is 0.500. The minimum Gasteiger partial charge on any atom is -0.444 e. The fourth-order valence-electron chi connectivity index (χ4n) is 4.53. The maximum atomic E-state index is 12.6. The molecule has 0 bridgehead atoms. The first-order valence-corrected chi connectivity index (χ1v) is 11.2. The average Bonchev–Trinajstić information content (AvgIpc) is 3.28. The molecule has 1 amide bonds. The Labute approximate surface area is 181 Å². The number of likely N-dealkylation sites (tertiary alicyclic amines) is 1. The Morgan fingerprint density at radius 1 is 1.33 bits per heavy atom. The van der Waals surface area contributed by atoms with E-state index >= 15 is 0 Å². The average molecular weight is 428 g/mol. The molecule has 1 saturated heterocycles. The van der Waals surface area contributed by atoms with Crippen LogP contribution >= 0.6 is 11.8 Å². The van der Waals surface area contributed by atoms with Crippen LogP contribution < -0.4 is 5.32 Å². The molecule has 1 fully saturated rings. The SMILES string of the molecule is CC(C)(C)OC(=O)N[C@@H]1c2ccccc2CC12CCN(C(=N)Sc1ncc[nH]1)CC2. The smallest absolute Gasteiger partial charge is 0.408 e. The van der Waals surface area contributed by atoms with Gasteiger partial charge in [-0.15, -0.1) is 0 Å². The number of hydrogen-bond donors (Lipinski definition) is 3. The van der Waals surface area contributed by atoms with Crippen molar-refractivity contribution in [3.8, 4) is 0 Å². The van der Waals surface area contributed by atoms with E-state index in [-0.39, 0.29) is 17.6 Å². The number of aromatic amines is 1. The van der Waals surface area contributed by atoms with Crippen molar-refractivity contribution in [3.63, 3.8) is 0 Å². The van der Waals surface area contributed by atoms with E-state index in [4.69, 9.17) is 10.1 Å². The number of carbonyl (C=O) groups excluding carboxylic acids is 1. The first-order chi connectivity index (χ1) is 14.3. The fourth-order valence-corrected chi connectivity index (χ4v) is 5.26. The number of nitrogens with one attached hydrogen (secondary N) is 3. The lowest BCUT2D eigenvalue weighted by Gasteiger charge is -2.44. The summed E-state index contributed by atoms with van der Waals surface area (Å²) < 4.78 is 5.56. The quantitative estimate of drug-likeness (QED) is 0.376. The third-order valence-electron chi connectivity index (χ3n) is 5.89. The third kappa shape index (κ3) is 4.33. The van der Waals surface area contributed by atoms with Crippen LogP contribution in [0.2, 0.25) is 0 Å². The van der Waals surface area contributed by atoms with Gasteiger partial charge in [0.1, 0.15) is 5.60 Å². The van der Waals surface area contributed by atoms with E-state index < -0.39 is 5.60 Å². The van der Waals surface area contributed by atoms with Gasteiger partial charge in [0, 0.05) is 30.9 Å². The van der Waals surface area contributed by atoms with Crippen LogP contribution in [0.15, 0.2) is 41.8 Å². The van der Waals surface area contributed by atoms with Gasteiger partial charge in [-0.05, 0) is 62.9 Å². The lowest BCUT2D eigenvalue weighted by atomic mass is 9.73. The minimum atomic E-state index is -0.531. The molecule has 2 aromatic rings. The van der Waals surface area contributed by atoms with Crippen LogP contribution in [-0.4, -0.2) is 44.8 Å². The van der Waals surface area contributed by atoms with Crippen molar-refractivity contribution in [1.82, 2.24) is 20.2 Å². The number of benzene rings is 1. The van der Waals surface area contributed by atoms with Crippen LogP contribution in [0.1, 0.15) is 50.8 Å². The number of amides is 1. The second-order valence-electron chi connectivity index (χ2n) is 9.11. The molecule has 2 aliphatic rings. The molecular weight excluding hydrogens is 398 g/mol. The molecule has 160 valence electrons. The van der Waals surface area contributed by atoms with Crippen molar-refractivity contribution in [2.75, 3.05) is 13.1 Å². The van der Waals surface area contributed by atoms with E-state index in [1.54, 1.807) is 12.4 Å². The molecule has 1 aliphatic carbocycles. The Morgan fingerprint density at radius 2 is 2.07 bits per heavy atom. The van der Waals surface area contributed by atoms with Gasteiger partial charge in [0.2, 0.25) is 0 Å². The normalized spacial score (nSPS) is 20.1. The van der Waals surface area contributed by atoms with Crippen molar-refractivity contribution in [1.29, 1.82) is 5.41 Å².